The number of benzene rings is 1. The van der Waals surface area contributed by atoms with Crippen molar-refractivity contribution in [3.8, 4) is 0 Å². The van der Waals surface area contributed by atoms with Gasteiger partial charge in [0.25, 0.3) is 0 Å². The summed E-state index contributed by atoms with van der Waals surface area (Å²) in [6, 6.07) is 8.49. The van der Waals surface area contributed by atoms with Gasteiger partial charge in [0.1, 0.15) is 0 Å². The zero-order chi connectivity index (χ0) is 12.0. The number of hydrogen-bond donors (Lipinski definition) is 0. The van der Waals surface area contributed by atoms with Gasteiger partial charge in [-0.25, -0.2) is 0 Å². The van der Waals surface area contributed by atoms with Gasteiger partial charge < -0.3 is 13.3 Å². The Morgan fingerprint density at radius 2 is 1.62 bits per heavy atom. The predicted molar refractivity (Wildman–Crippen MR) is 66.7 cm³/mol. The van der Waals surface area contributed by atoms with Crippen LogP contribution in [0.2, 0.25) is 11.1 Å². The van der Waals surface area contributed by atoms with Gasteiger partial charge in [-0.1, -0.05) is 29.8 Å². The van der Waals surface area contributed by atoms with Crippen LogP contribution in [-0.2, 0) is 19.7 Å². The minimum atomic E-state index is -2.48. The number of rotatable bonds is 6. The average Bonchev–Trinajstić information content (AvgIpc) is 2.34. The highest BCUT2D eigenvalue weighted by atomic mass is 35.5. The molecule has 0 aliphatic heterocycles. The number of halogens is 1. The minimum absolute atomic E-state index is 0.722. The molecule has 1 rings (SSSR count). The summed E-state index contributed by atoms with van der Waals surface area (Å²) in [6.07, 6.45) is 0.793. The van der Waals surface area contributed by atoms with Crippen molar-refractivity contribution < 1.29 is 13.3 Å². The van der Waals surface area contributed by atoms with E-state index in [0.29, 0.717) is 0 Å². The van der Waals surface area contributed by atoms with Crippen LogP contribution in [0.5, 0.6) is 0 Å². The smallest absolute Gasteiger partial charge is 0.377 e. The van der Waals surface area contributed by atoms with Crippen molar-refractivity contribution in [2.24, 2.45) is 0 Å². The maximum atomic E-state index is 6.08. The van der Waals surface area contributed by atoms with Crippen molar-refractivity contribution >= 4 is 20.4 Å². The molecule has 0 aliphatic carbocycles. The zero-order valence-electron chi connectivity index (χ0n) is 9.83. The summed E-state index contributed by atoms with van der Waals surface area (Å²) < 4.78 is 16.0. The summed E-state index contributed by atoms with van der Waals surface area (Å²) in [4.78, 5) is 0. The molecule has 1 aromatic carbocycles. The first-order valence-electron chi connectivity index (χ1n) is 5.06. The molecule has 0 saturated heterocycles. The second-order valence-electron chi connectivity index (χ2n) is 3.39. The van der Waals surface area contributed by atoms with Crippen molar-refractivity contribution in [1.29, 1.82) is 0 Å². The molecule has 0 aromatic heterocycles. The van der Waals surface area contributed by atoms with Gasteiger partial charge in [-0.15, -0.1) is 0 Å². The molecule has 5 heteroatoms. The van der Waals surface area contributed by atoms with Gasteiger partial charge in [-0.3, -0.25) is 0 Å². The van der Waals surface area contributed by atoms with Crippen LogP contribution in [0.15, 0.2) is 24.3 Å². The lowest BCUT2D eigenvalue weighted by Crippen LogP contribution is -2.43. The largest absolute Gasteiger partial charge is 0.500 e. The van der Waals surface area contributed by atoms with E-state index < -0.39 is 8.80 Å². The molecular formula is C11H17ClO3Si. The third-order valence-electron chi connectivity index (χ3n) is 2.59. The summed E-state index contributed by atoms with van der Waals surface area (Å²) in [7, 11) is 2.37. The van der Waals surface area contributed by atoms with E-state index in [0.717, 1.165) is 23.1 Å². The van der Waals surface area contributed by atoms with Crippen LogP contribution in [0.25, 0.3) is 0 Å². The highest BCUT2D eigenvalue weighted by molar-refractivity contribution is 6.60. The molecule has 0 aliphatic rings. The third-order valence-corrected chi connectivity index (χ3v) is 5.69. The lowest BCUT2D eigenvalue weighted by atomic mass is 10.2. The first kappa shape index (κ1) is 13.7. The molecule has 0 atom stereocenters. The molecule has 0 bridgehead atoms. The van der Waals surface area contributed by atoms with Gasteiger partial charge in [-0.2, -0.15) is 0 Å². The Morgan fingerprint density at radius 1 is 1.06 bits per heavy atom. The fourth-order valence-corrected chi connectivity index (χ4v) is 3.46. The number of aryl methyl sites for hydroxylation is 1. The molecule has 3 nitrogen and oxygen atoms in total. The van der Waals surface area contributed by atoms with Crippen LogP contribution >= 0.6 is 11.6 Å². The monoisotopic (exact) mass is 260 g/mol. The lowest BCUT2D eigenvalue weighted by molar-refractivity contribution is 0.124. The maximum absolute atomic E-state index is 6.08. The Kier molecular flexibility index (Phi) is 5.44. The third kappa shape index (κ3) is 3.30. The maximum Gasteiger partial charge on any atom is 0.500 e. The normalized spacial score (nSPS) is 11.8. The molecule has 90 valence electrons. The van der Waals surface area contributed by atoms with E-state index in [-0.39, 0.29) is 0 Å². The summed E-state index contributed by atoms with van der Waals surface area (Å²) in [5.74, 6) is 0. The van der Waals surface area contributed by atoms with E-state index in [1.54, 1.807) is 21.3 Å². The molecule has 0 spiro atoms. The van der Waals surface area contributed by atoms with E-state index >= 15 is 0 Å². The van der Waals surface area contributed by atoms with Crippen LogP contribution < -0.4 is 0 Å². The Labute approximate surface area is 103 Å². The van der Waals surface area contributed by atoms with Crippen LogP contribution in [-0.4, -0.2) is 30.1 Å². The van der Waals surface area contributed by atoms with Crippen molar-refractivity contribution in [1.82, 2.24) is 0 Å². The van der Waals surface area contributed by atoms with Gasteiger partial charge >= 0.3 is 8.80 Å². The Morgan fingerprint density at radius 3 is 2.12 bits per heavy atom. The van der Waals surface area contributed by atoms with E-state index in [9.17, 15) is 0 Å². The Bertz CT molecular complexity index is 320. The zero-order valence-corrected chi connectivity index (χ0v) is 11.6. The number of hydrogen-bond acceptors (Lipinski definition) is 3. The van der Waals surface area contributed by atoms with E-state index in [1.165, 1.54) is 0 Å². The minimum Gasteiger partial charge on any atom is -0.377 e. The van der Waals surface area contributed by atoms with Crippen molar-refractivity contribution in [2.75, 3.05) is 21.3 Å². The van der Waals surface area contributed by atoms with Crippen LogP contribution in [0.3, 0.4) is 0 Å². The molecule has 1 aromatic rings. The standard InChI is InChI=1S/C11H17ClO3Si/c1-13-16(14-2,15-3)9-8-10-6-4-5-7-11(10)12/h4-7H,8-9H2,1-3H3. The van der Waals surface area contributed by atoms with Gasteiger partial charge in [0.2, 0.25) is 0 Å². The highest BCUT2D eigenvalue weighted by Gasteiger charge is 2.37. The Balaban J connectivity index is 2.66. The molecule has 0 radical (unpaired) electrons. The van der Waals surface area contributed by atoms with Crippen LogP contribution in [0, 0.1) is 0 Å². The molecule has 0 unspecified atom stereocenters. The molecule has 0 fully saturated rings. The molecular weight excluding hydrogens is 244 g/mol. The fourth-order valence-electron chi connectivity index (χ4n) is 1.55. The predicted octanol–water partition coefficient (Wildman–Crippen LogP) is 2.76. The summed E-state index contributed by atoms with van der Waals surface area (Å²) in [6.45, 7) is 0. The average molecular weight is 261 g/mol. The molecule has 0 N–H and O–H groups in total. The van der Waals surface area contributed by atoms with Crippen molar-refractivity contribution in [2.45, 2.75) is 12.5 Å². The molecule has 0 heterocycles. The van der Waals surface area contributed by atoms with E-state index in [1.807, 2.05) is 24.3 Å². The highest BCUT2D eigenvalue weighted by Crippen LogP contribution is 2.21. The summed E-state index contributed by atoms with van der Waals surface area (Å²) >= 11 is 6.08. The van der Waals surface area contributed by atoms with Crippen LogP contribution in [0.4, 0.5) is 0 Å². The molecule has 16 heavy (non-hydrogen) atoms. The van der Waals surface area contributed by atoms with Crippen molar-refractivity contribution in [3.63, 3.8) is 0 Å². The van der Waals surface area contributed by atoms with Crippen molar-refractivity contribution in [3.05, 3.63) is 34.9 Å². The Hall–Kier alpha value is -0.393. The molecule has 0 saturated carbocycles. The van der Waals surface area contributed by atoms with Gasteiger partial charge in [0.15, 0.2) is 0 Å². The lowest BCUT2D eigenvalue weighted by Gasteiger charge is -2.24. The van der Waals surface area contributed by atoms with E-state index in [2.05, 4.69) is 0 Å². The second kappa shape index (κ2) is 6.37. The van der Waals surface area contributed by atoms with E-state index in [4.69, 9.17) is 24.9 Å². The summed E-state index contributed by atoms with van der Waals surface area (Å²) in [5.41, 5.74) is 1.09. The first-order valence-corrected chi connectivity index (χ1v) is 7.37. The van der Waals surface area contributed by atoms with Gasteiger partial charge in [-0.05, 0) is 18.1 Å². The van der Waals surface area contributed by atoms with Gasteiger partial charge in [0, 0.05) is 32.4 Å². The summed E-state index contributed by atoms with van der Waals surface area (Å²) in [5, 5.41) is 0.772. The SMILES string of the molecule is CO[Si](CCc1ccccc1Cl)(OC)OC. The molecule has 0 amide bonds. The quantitative estimate of drug-likeness (QED) is 0.736. The first-order chi connectivity index (χ1) is 7.67. The van der Waals surface area contributed by atoms with Crippen LogP contribution in [0.1, 0.15) is 5.56 Å². The second-order valence-corrected chi connectivity index (χ2v) is 6.88. The topological polar surface area (TPSA) is 27.7 Å². The fraction of sp³-hybridized carbons (Fsp3) is 0.455. The van der Waals surface area contributed by atoms with Gasteiger partial charge in [0.05, 0.1) is 0 Å².